The summed E-state index contributed by atoms with van der Waals surface area (Å²) in [4.78, 5) is 10.6. The third-order valence-electron chi connectivity index (χ3n) is 2.37. The Bertz CT molecular complexity index is 549. The predicted molar refractivity (Wildman–Crippen MR) is 64.2 cm³/mol. The minimum Gasteiger partial charge on any atom is -0.457 e. The molecule has 2 aromatic rings. The van der Waals surface area contributed by atoms with Crippen LogP contribution in [-0.4, -0.2) is 11.4 Å². The number of aliphatic hydroxyl groups is 1. The van der Waals surface area contributed by atoms with E-state index in [1.807, 2.05) is 0 Å². The summed E-state index contributed by atoms with van der Waals surface area (Å²) in [6.07, 6.45) is 0.560. The molecule has 0 aliphatic carbocycles. The highest BCUT2D eigenvalue weighted by Gasteiger charge is 2.03. The molecule has 0 saturated carbocycles. The van der Waals surface area contributed by atoms with Crippen LogP contribution >= 0.6 is 0 Å². The van der Waals surface area contributed by atoms with E-state index < -0.39 is 5.82 Å². The van der Waals surface area contributed by atoms with Crippen molar-refractivity contribution < 1.29 is 19.0 Å². The minimum atomic E-state index is -0.526. The third-order valence-corrected chi connectivity index (χ3v) is 2.37. The van der Waals surface area contributed by atoms with Crippen LogP contribution < -0.4 is 4.74 Å². The van der Waals surface area contributed by atoms with Crippen LogP contribution in [0, 0.1) is 5.82 Å². The fourth-order valence-electron chi connectivity index (χ4n) is 1.51. The molecule has 2 aromatic carbocycles. The standard InChI is InChI=1S/C14H11FO3/c15-12-5-11(9-17)6-14(7-12)18-13-3-1-10(8-16)2-4-13/h1-7,9,16H,8H2. The van der Waals surface area contributed by atoms with Gasteiger partial charge in [0.2, 0.25) is 0 Å². The van der Waals surface area contributed by atoms with Gasteiger partial charge in [-0.25, -0.2) is 4.39 Å². The molecule has 4 heteroatoms. The van der Waals surface area contributed by atoms with Gasteiger partial charge in [-0.1, -0.05) is 12.1 Å². The van der Waals surface area contributed by atoms with Gasteiger partial charge in [0.25, 0.3) is 0 Å². The van der Waals surface area contributed by atoms with Gasteiger partial charge in [0, 0.05) is 11.6 Å². The molecule has 0 aromatic heterocycles. The lowest BCUT2D eigenvalue weighted by Gasteiger charge is -2.07. The molecule has 0 saturated heterocycles. The van der Waals surface area contributed by atoms with Gasteiger partial charge in [0.15, 0.2) is 0 Å². The summed E-state index contributed by atoms with van der Waals surface area (Å²) in [5.74, 6) is 0.241. The topological polar surface area (TPSA) is 46.5 Å². The van der Waals surface area contributed by atoms with Crippen molar-refractivity contribution in [2.45, 2.75) is 6.61 Å². The summed E-state index contributed by atoms with van der Waals surface area (Å²) in [7, 11) is 0. The number of rotatable bonds is 4. The second kappa shape index (κ2) is 5.42. The van der Waals surface area contributed by atoms with E-state index in [-0.39, 0.29) is 17.9 Å². The van der Waals surface area contributed by atoms with Crippen LogP contribution in [0.25, 0.3) is 0 Å². The van der Waals surface area contributed by atoms with Crippen molar-refractivity contribution in [1.29, 1.82) is 0 Å². The molecule has 92 valence electrons. The highest BCUT2D eigenvalue weighted by atomic mass is 19.1. The highest BCUT2D eigenvalue weighted by molar-refractivity contribution is 5.75. The van der Waals surface area contributed by atoms with E-state index in [0.717, 1.165) is 11.6 Å². The Morgan fingerprint density at radius 1 is 1.11 bits per heavy atom. The lowest BCUT2D eigenvalue weighted by molar-refractivity contribution is 0.112. The van der Waals surface area contributed by atoms with Gasteiger partial charge in [0.1, 0.15) is 23.6 Å². The van der Waals surface area contributed by atoms with Crippen molar-refractivity contribution in [2.24, 2.45) is 0 Å². The van der Waals surface area contributed by atoms with Crippen molar-refractivity contribution >= 4 is 6.29 Å². The van der Waals surface area contributed by atoms with Crippen molar-refractivity contribution in [3.63, 3.8) is 0 Å². The van der Waals surface area contributed by atoms with Gasteiger partial charge in [-0.05, 0) is 29.8 Å². The first kappa shape index (κ1) is 12.3. The van der Waals surface area contributed by atoms with E-state index >= 15 is 0 Å². The smallest absolute Gasteiger partial charge is 0.150 e. The Kier molecular flexibility index (Phi) is 3.69. The molecule has 0 amide bonds. The number of carbonyl (C=O) groups excluding carboxylic acids is 1. The number of hydrogen-bond donors (Lipinski definition) is 1. The number of hydrogen-bond acceptors (Lipinski definition) is 3. The normalized spacial score (nSPS) is 10.1. The summed E-state index contributed by atoms with van der Waals surface area (Å²) < 4.78 is 18.6. The largest absolute Gasteiger partial charge is 0.457 e. The second-order valence-corrected chi connectivity index (χ2v) is 3.74. The number of halogens is 1. The zero-order valence-corrected chi connectivity index (χ0v) is 9.47. The first-order chi connectivity index (χ1) is 8.71. The van der Waals surface area contributed by atoms with Gasteiger partial charge in [-0.15, -0.1) is 0 Å². The fourth-order valence-corrected chi connectivity index (χ4v) is 1.51. The van der Waals surface area contributed by atoms with Crippen LogP contribution in [0.5, 0.6) is 11.5 Å². The molecular weight excluding hydrogens is 235 g/mol. The summed E-state index contributed by atoms with van der Waals surface area (Å²) in [5.41, 5.74) is 0.979. The first-order valence-electron chi connectivity index (χ1n) is 5.34. The first-order valence-corrected chi connectivity index (χ1v) is 5.34. The molecule has 0 aliphatic rings. The van der Waals surface area contributed by atoms with E-state index in [1.54, 1.807) is 24.3 Å². The monoisotopic (exact) mass is 246 g/mol. The molecule has 2 rings (SSSR count). The molecule has 0 aliphatic heterocycles. The molecule has 0 unspecified atom stereocenters. The average Bonchev–Trinajstić information content (AvgIpc) is 2.39. The SMILES string of the molecule is O=Cc1cc(F)cc(Oc2ccc(CO)cc2)c1. The highest BCUT2D eigenvalue weighted by Crippen LogP contribution is 2.23. The van der Waals surface area contributed by atoms with E-state index in [2.05, 4.69) is 0 Å². The number of benzene rings is 2. The average molecular weight is 246 g/mol. The number of aldehydes is 1. The molecule has 0 spiro atoms. The van der Waals surface area contributed by atoms with Crippen LogP contribution in [0.15, 0.2) is 42.5 Å². The van der Waals surface area contributed by atoms with Gasteiger partial charge in [-0.2, -0.15) is 0 Å². The van der Waals surface area contributed by atoms with Gasteiger partial charge >= 0.3 is 0 Å². The van der Waals surface area contributed by atoms with Gasteiger partial charge in [0.05, 0.1) is 6.61 Å². The molecule has 3 nitrogen and oxygen atoms in total. The van der Waals surface area contributed by atoms with Crippen LogP contribution in [0.1, 0.15) is 15.9 Å². The van der Waals surface area contributed by atoms with Crippen molar-refractivity contribution in [3.05, 3.63) is 59.4 Å². The third kappa shape index (κ3) is 2.93. The van der Waals surface area contributed by atoms with Crippen LogP contribution in [0.4, 0.5) is 4.39 Å². The van der Waals surface area contributed by atoms with Crippen LogP contribution in [0.2, 0.25) is 0 Å². The summed E-state index contributed by atoms with van der Waals surface area (Å²) in [6.45, 7) is -0.0461. The van der Waals surface area contributed by atoms with E-state index in [1.165, 1.54) is 12.1 Å². The molecule has 0 atom stereocenters. The quantitative estimate of drug-likeness (QED) is 0.844. The lowest BCUT2D eigenvalue weighted by Crippen LogP contribution is -1.89. The molecule has 0 fully saturated rings. The number of aliphatic hydroxyl groups excluding tert-OH is 1. The number of ether oxygens (including phenoxy) is 1. The summed E-state index contributed by atoms with van der Waals surface area (Å²) in [5, 5.41) is 8.89. The number of carbonyl (C=O) groups is 1. The maximum absolute atomic E-state index is 13.2. The molecule has 0 radical (unpaired) electrons. The molecule has 0 heterocycles. The predicted octanol–water partition coefficient (Wildman–Crippen LogP) is 2.92. The zero-order valence-electron chi connectivity index (χ0n) is 9.47. The van der Waals surface area contributed by atoms with Gasteiger partial charge in [-0.3, -0.25) is 4.79 Å². The Morgan fingerprint density at radius 2 is 1.83 bits per heavy atom. The van der Waals surface area contributed by atoms with Crippen molar-refractivity contribution in [1.82, 2.24) is 0 Å². The maximum atomic E-state index is 13.2. The van der Waals surface area contributed by atoms with E-state index in [4.69, 9.17) is 9.84 Å². The Labute approximate surface area is 103 Å². The minimum absolute atomic E-state index is 0.0461. The van der Waals surface area contributed by atoms with Crippen LogP contribution in [0.3, 0.4) is 0 Å². The Balaban J connectivity index is 2.22. The second-order valence-electron chi connectivity index (χ2n) is 3.74. The maximum Gasteiger partial charge on any atom is 0.150 e. The van der Waals surface area contributed by atoms with E-state index in [0.29, 0.717) is 12.0 Å². The molecule has 0 bridgehead atoms. The zero-order chi connectivity index (χ0) is 13.0. The van der Waals surface area contributed by atoms with E-state index in [9.17, 15) is 9.18 Å². The Morgan fingerprint density at radius 3 is 2.44 bits per heavy atom. The van der Waals surface area contributed by atoms with Crippen molar-refractivity contribution in [3.8, 4) is 11.5 Å². The van der Waals surface area contributed by atoms with Gasteiger partial charge < -0.3 is 9.84 Å². The lowest BCUT2D eigenvalue weighted by atomic mass is 10.2. The van der Waals surface area contributed by atoms with Crippen LogP contribution in [-0.2, 0) is 6.61 Å². The molecule has 1 N–H and O–H groups in total. The molecule has 18 heavy (non-hydrogen) atoms. The van der Waals surface area contributed by atoms with Crippen molar-refractivity contribution in [2.75, 3.05) is 0 Å². The molecular formula is C14H11FO3. The summed E-state index contributed by atoms with van der Waals surface area (Å²) >= 11 is 0. The Hall–Kier alpha value is -2.20. The summed E-state index contributed by atoms with van der Waals surface area (Å²) in [6, 6.07) is 10.5. The fraction of sp³-hybridized carbons (Fsp3) is 0.0714.